The molecule has 1 saturated carbocycles. The van der Waals surface area contributed by atoms with Crippen LogP contribution in [0.4, 0.5) is 0 Å². The molecule has 6 nitrogen and oxygen atoms in total. The molecule has 1 aromatic carbocycles. The van der Waals surface area contributed by atoms with Crippen LogP contribution in [0.3, 0.4) is 0 Å². The van der Waals surface area contributed by atoms with Crippen LogP contribution < -0.4 is 5.32 Å². The molecule has 0 radical (unpaired) electrons. The van der Waals surface area contributed by atoms with Crippen molar-refractivity contribution < 1.29 is 4.79 Å². The van der Waals surface area contributed by atoms with Gasteiger partial charge in [0.15, 0.2) is 5.82 Å². The number of carbonyl (C=O) groups excluding carboxylic acids is 1. The van der Waals surface area contributed by atoms with Gasteiger partial charge in [-0.3, -0.25) is 4.79 Å². The van der Waals surface area contributed by atoms with E-state index in [1.54, 1.807) is 23.0 Å². The third-order valence-electron chi connectivity index (χ3n) is 4.33. The van der Waals surface area contributed by atoms with Gasteiger partial charge in [0, 0.05) is 12.4 Å². The topological polar surface area (TPSA) is 72.2 Å². The fraction of sp³-hybridized carbons (Fsp3) is 0.333. The summed E-state index contributed by atoms with van der Waals surface area (Å²) in [5, 5.41) is 7.45. The highest BCUT2D eigenvalue weighted by molar-refractivity contribution is 5.78. The van der Waals surface area contributed by atoms with Crippen LogP contribution in [0, 0.1) is 12.8 Å². The number of aromatic nitrogens is 4. The summed E-state index contributed by atoms with van der Waals surface area (Å²) < 4.78 is 1.58. The van der Waals surface area contributed by atoms with Crippen LogP contribution in [0.5, 0.6) is 0 Å². The molecule has 1 amide bonds. The fourth-order valence-corrected chi connectivity index (χ4v) is 2.90. The third kappa shape index (κ3) is 3.13. The summed E-state index contributed by atoms with van der Waals surface area (Å²) >= 11 is 0. The Balaban J connectivity index is 1.48. The monoisotopic (exact) mass is 321 g/mol. The molecule has 0 saturated heterocycles. The van der Waals surface area contributed by atoms with Crippen LogP contribution in [-0.2, 0) is 11.2 Å². The van der Waals surface area contributed by atoms with E-state index < -0.39 is 0 Å². The maximum absolute atomic E-state index is 12.5. The van der Waals surface area contributed by atoms with Crippen LogP contribution in [0.1, 0.15) is 35.8 Å². The second-order valence-electron chi connectivity index (χ2n) is 6.36. The van der Waals surface area contributed by atoms with E-state index >= 15 is 0 Å². The number of nitrogens with one attached hydrogen (secondary N) is 1. The number of fused-ring (bicyclic) bond motifs is 1. The Kier molecular flexibility index (Phi) is 3.72. The first-order valence-corrected chi connectivity index (χ1v) is 8.21. The van der Waals surface area contributed by atoms with Crippen molar-refractivity contribution in [1.29, 1.82) is 0 Å². The summed E-state index contributed by atoms with van der Waals surface area (Å²) in [6.07, 6.45) is 5.92. The molecule has 122 valence electrons. The van der Waals surface area contributed by atoms with Gasteiger partial charge in [-0.25, -0.2) is 9.50 Å². The van der Waals surface area contributed by atoms with Gasteiger partial charge in [0.1, 0.15) is 0 Å². The Morgan fingerprint density at radius 1 is 1.33 bits per heavy atom. The second-order valence-corrected chi connectivity index (χ2v) is 6.36. The van der Waals surface area contributed by atoms with E-state index in [1.807, 2.05) is 0 Å². The standard InChI is InChI=1S/C18H19N5O/c1-12-3-5-13(6-4-12)17(14-7-8-14)21-16(24)11-15-20-18-19-9-2-10-23(18)22-15/h2-6,9-10,14,17H,7-8,11H2,1H3,(H,21,24)/t17-/m0/s1. The van der Waals surface area contributed by atoms with Crippen LogP contribution in [-0.4, -0.2) is 25.5 Å². The predicted molar refractivity (Wildman–Crippen MR) is 89.3 cm³/mol. The molecule has 0 spiro atoms. The molecule has 2 heterocycles. The van der Waals surface area contributed by atoms with Crippen molar-refractivity contribution in [3.63, 3.8) is 0 Å². The Hall–Kier alpha value is -2.76. The van der Waals surface area contributed by atoms with Crippen LogP contribution in [0.25, 0.3) is 5.78 Å². The molecule has 1 aliphatic rings. The van der Waals surface area contributed by atoms with Gasteiger partial charge in [0.05, 0.1) is 12.5 Å². The number of amides is 1. The molecule has 24 heavy (non-hydrogen) atoms. The Bertz CT molecular complexity index is 834. The molecule has 3 aromatic rings. The number of hydrogen-bond donors (Lipinski definition) is 1. The Morgan fingerprint density at radius 3 is 2.83 bits per heavy atom. The van der Waals surface area contributed by atoms with Crippen molar-refractivity contribution in [3.8, 4) is 0 Å². The van der Waals surface area contributed by atoms with Crippen molar-refractivity contribution in [2.75, 3.05) is 0 Å². The van der Waals surface area contributed by atoms with E-state index in [2.05, 4.69) is 51.6 Å². The first-order chi connectivity index (χ1) is 11.7. The second kappa shape index (κ2) is 6.03. The van der Waals surface area contributed by atoms with Crippen molar-refractivity contribution in [2.24, 2.45) is 5.92 Å². The zero-order valence-electron chi connectivity index (χ0n) is 13.5. The fourth-order valence-electron chi connectivity index (χ4n) is 2.90. The Labute approximate surface area is 139 Å². The van der Waals surface area contributed by atoms with Crippen molar-refractivity contribution in [2.45, 2.75) is 32.2 Å². The summed E-state index contributed by atoms with van der Waals surface area (Å²) in [5.74, 6) is 1.48. The number of hydrogen-bond acceptors (Lipinski definition) is 4. The van der Waals surface area contributed by atoms with Crippen LogP contribution >= 0.6 is 0 Å². The number of nitrogens with zero attached hydrogens (tertiary/aromatic N) is 4. The maximum atomic E-state index is 12.5. The molecule has 1 aliphatic carbocycles. The lowest BCUT2D eigenvalue weighted by molar-refractivity contribution is -0.121. The largest absolute Gasteiger partial charge is 0.349 e. The molecule has 0 bridgehead atoms. The normalized spacial score (nSPS) is 15.4. The molecule has 1 N–H and O–H groups in total. The maximum Gasteiger partial charge on any atom is 0.252 e. The molecular weight excluding hydrogens is 302 g/mol. The summed E-state index contributed by atoms with van der Waals surface area (Å²) in [5.41, 5.74) is 2.39. The van der Waals surface area contributed by atoms with E-state index in [0.29, 0.717) is 17.5 Å². The zero-order valence-corrected chi connectivity index (χ0v) is 13.5. The third-order valence-corrected chi connectivity index (χ3v) is 4.33. The van der Waals surface area contributed by atoms with Crippen molar-refractivity contribution in [1.82, 2.24) is 24.9 Å². The van der Waals surface area contributed by atoms with E-state index in [0.717, 1.165) is 12.8 Å². The number of carbonyl (C=O) groups is 1. The van der Waals surface area contributed by atoms with E-state index in [4.69, 9.17) is 0 Å². The van der Waals surface area contributed by atoms with Gasteiger partial charge in [-0.2, -0.15) is 4.98 Å². The molecule has 0 aliphatic heterocycles. The molecule has 2 aromatic heterocycles. The summed E-state index contributed by atoms with van der Waals surface area (Å²) in [6, 6.07) is 10.2. The number of benzene rings is 1. The van der Waals surface area contributed by atoms with Gasteiger partial charge in [-0.15, -0.1) is 5.10 Å². The molecule has 1 atom stereocenters. The first kappa shape index (κ1) is 14.8. The highest BCUT2D eigenvalue weighted by atomic mass is 16.1. The van der Waals surface area contributed by atoms with E-state index in [-0.39, 0.29) is 18.4 Å². The van der Waals surface area contributed by atoms with Gasteiger partial charge in [-0.05, 0) is 37.3 Å². The first-order valence-electron chi connectivity index (χ1n) is 8.21. The average Bonchev–Trinajstić information content (AvgIpc) is 3.33. The predicted octanol–water partition coefficient (Wildman–Crippen LogP) is 2.24. The van der Waals surface area contributed by atoms with Crippen LogP contribution in [0.2, 0.25) is 0 Å². The lowest BCUT2D eigenvalue weighted by atomic mass is 10.0. The van der Waals surface area contributed by atoms with Gasteiger partial charge < -0.3 is 5.32 Å². The number of rotatable bonds is 5. The minimum Gasteiger partial charge on any atom is -0.349 e. The van der Waals surface area contributed by atoms with Gasteiger partial charge in [0.25, 0.3) is 5.78 Å². The summed E-state index contributed by atoms with van der Waals surface area (Å²) in [4.78, 5) is 20.9. The molecule has 1 fully saturated rings. The SMILES string of the molecule is Cc1ccc([C@H](NC(=O)Cc2nc3ncccn3n2)C2CC2)cc1. The minimum absolute atomic E-state index is 0.0524. The molecular formula is C18H19N5O. The number of aryl methyl sites for hydroxylation is 1. The summed E-state index contributed by atoms with van der Waals surface area (Å²) in [7, 11) is 0. The smallest absolute Gasteiger partial charge is 0.252 e. The quantitative estimate of drug-likeness (QED) is 0.782. The van der Waals surface area contributed by atoms with Gasteiger partial charge in [0.2, 0.25) is 5.91 Å². The van der Waals surface area contributed by atoms with Crippen LogP contribution in [0.15, 0.2) is 42.7 Å². The van der Waals surface area contributed by atoms with Gasteiger partial charge >= 0.3 is 0 Å². The average molecular weight is 321 g/mol. The van der Waals surface area contributed by atoms with Crippen molar-refractivity contribution in [3.05, 3.63) is 59.7 Å². The van der Waals surface area contributed by atoms with E-state index in [1.165, 1.54) is 11.1 Å². The molecule has 4 rings (SSSR count). The van der Waals surface area contributed by atoms with E-state index in [9.17, 15) is 4.79 Å². The molecule has 0 unspecified atom stereocenters. The zero-order chi connectivity index (χ0) is 16.5. The highest BCUT2D eigenvalue weighted by Gasteiger charge is 2.33. The van der Waals surface area contributed by atoms with Crippen molar-refractivity contribution >= 4 is 11.7 Å². The molecule has 6 heteroatoms. The summed E-state index contributed by atoms with van der Waals surface area (Å²) in [6.45, 7) is 2.07. The lowest BCUT2D eigenvalue weighted by Crippen LogP contribution is -2.31. The Morgan fingerprint density at radius 2 is 2.12 bits per heavy atom. The minimum atomic E-state index is -0.0524. The highest BCUT2D eigenvalue weighted by Crippen LogP contribution is 2.41. The van der Waals surface area contributed by atoms with Gasteiger partial charge in [-0.1, -0.05) is 29.8 Å². The lowest BCUT2D eigenvalue weighted by Gasteiger charge is -2.18.